The maximum Gasteiger partial charge on any atom is 0.319 e. The number of benzene rings is 2. The van der Waals surface area contributed by atoms with Crippen molar-refractivity contribution in [1.82, 2.24) is 5.32 Å². The van der Waals surface area contributed by atoms with Gasteiger partial charge in [0.1, 0.15) is 5.75 Å². The second-order valence-electron chi connectivity index (χ2n) is 5.53. The molecule has 6 nitrogen and oxygen atoms in total. The molecule has 3 amide bonds. The van der Waals surface area contributed by atoms with Crippen LogP contribution in [0, 0.1) is 0 Å². The molecule has 0 saturated heterocycles. The van der Waals surface area contributed by atoms with Gasteiger partial charge in [-0.15, -0.1) is 0 Å². The third-order valence-corrected chi connectivity index (χ3v) is 3.82. The Balaban J connectivity index is 1.66. The molecule has 0 aromatic heterocycles. The Morgan fingerprint density at radius 2 is 2.00 bits per heavy atom. The number of carbonyl (C=O) groups is 2. The molecule has 0 spiro atoms. The fraction of sp³-hybridized carbons (Fsp3) is 0.222. The molecule has 2 N–H and O–H groups in total. The second-order valence-corrected chi connectivity index (χ2v) is 5.53. The van der Waals surface area contributed by atoms with E-state index in [4.69, 9.17) is 4.74 Å². The first kappa shape index (κ1) is 15.9. The summed E-state index contributed by atoms with van der Waals surface area (Å²) in [6.07, 6.45) is 0.339. The number of nitrogens with zero attached hydrogens (tertiary/aromatic N) is 1. The van der Waals surface area contributed by atoms with Crippen molar-refractivity contribution in [1.29, 1.82) is 0 Å². The number of amides is 3. The highest BCUT2D eigenvalue weighted by atomic mass is 16.5. The smallest absolute Gasteiger partial charge is 0.319 e. The van der Waals surface area contributed by atoms with Gasteiger partial charge in [-0.05, 0) is 23.8 Å². The third-order valence-electron chi connectivity index (χ3n) is 3.82. The lowest BCUT2D eigenvalue weighted by Crippen LogP contribution is -2.28. The van der Waals surface area contributed by atoms with Gasteiger partial charge in [0, 0.05) is 19.3 Å². The van der Waals surface area contributed by atoms with Gasteiger partial charge < -0.3 is 20.3 Å². The normalized spacial score (nSPS) is 13.5. The molecule has 6 heteroatoms. The zero-order valence-corrected chi connectivity index (χ0v) is 13.4. The van der Waals surface area contributed by atoms with Crippen LogP contribution in [0.25, 0.3) is 0 Å². The third kappa shape index (κ3) is 3.65. The molecule has 3 rings (SSSR count). The lowest BCUT2D eigenvalue weighted by atomic mass is 10.2. The van der Waals surface area contributed by atoms with Crippen molar-refractivity contribution in [3.05, 3.63) is 54.1 Å². The van der Waals surface area contributed by atoms with E-state index in [2.05, 4.69) is 10.6 Å². The summed E-state index contributed by atoms with van der Waals surface area (Å²) in [7, 11) is 1.70. The van der Waals surface area contributed by atoms with Crippen LogP contribution < -0.4 is 20.3 Å². The van der Waals surface area contributed by atoms with Crippen molar-refractivity contribution in [2.45, 2.75) is 13.0 Å². The summed E-state index contributed by atoms with van der Waals surface area (Å²) < 4.78 is 5.56. The van der Waals surface area contributed by atoms with Crippen LogP contribution in [0.1, 0.15) is 12.0 Å². The van der Waals surface area contributed by atoms with Crippen LogP contribution in [0.15, 0.2) is 48.5 Å². The molecule has 0 fully saturated rings. The van der Waals surface area contributed by atoms with Gasteiger partial charge in [0.05, 0.1) is 18.7 Å². The van der Waals surface area contributed by atoms with Crippen LogP contribution in [0.5, 0.6) is 5.75 Å². The number of hydrogen-bond acceptors (Lipinski definition) is 3. The van der Waals surface area contributed by atoms with Gasteiger partial charge in [-0.3, -0.25) is 4.79 Å². The van der Waals surface area contributed by atoms with Gasteiger partial charge in [-0.25, -0.2) is 4.79 Å². The summed E-state index contributed by atoms with van der Waals surface area (Å²) in [5, 5.41) is 5.57. The van der Waals surface area contributed by atoms with E-state index >= 15 is 0 Å². The number of ether oxygens (including phenoxy) is 1. The molecular weight excluding hydrogens is 306 g/mol. The van der Waals surface area contributed by atoms with Crippen LogP contribution in [0.4, 0.5) is 16.2 Å². The number of fused-ring (bicyclic) bond motifs is 1. The first-order valence-corrected chi connectivity index (χ1v) is 7.75. The molecule has 24 heavy (non-hydrogen) atoms. The van der Waals surface area contributed by atoms with Crippen molar-refractivity contribution in [3.8, 4) is 5.75 Å². The van der Waals surface area contributed by atoms with Crippen molar-refractivity contribution in [2.24, 2.45) is 0 Å². The highest BCUT2D eigenvalue weighted by Gasteiger charge is 2.20. The maximum absolute atomic E-state index is 12.0. The second kappa shape index (κ2) is 7.04. The van der Waals surface area contributed by atoms with E-state index in [0.29, 0.717) is 36.7 Å². The van der Waals surface area contributed by atoms with E-state index in [-0.39, 0.29) is 11.9 Å². The summed E-state index contributed by atoms with van der Waals surface area (Å²) in [5.74, 6) is 0.623. The van der Waals surface area contributed by atoms with Crippen molar-refractivity contribution in [3.63, 3.8) is 0 Å². The quantitative estimate of drug-likeness (QED) is 0.911. The molecule has 0 bridgehead atoms. The molecule has 0 unspecified atom stereocenters. The zero-order valence-electron chi connectivity index (χ0n) is 13.4. The van der Waals surface area contributed by atoms with Crippen molar-refractivity contribution in [2.75, 3.05) is 23.9 Å². The Kier molecular flexibility index (Phi) is 4.65. The number of hydrogen-bond donors (Lipinski definition) is 2. The number of rotatable bonds is 3. The molecule has 0 atom stereocenters. The van der Waals surface area contributed by atoms with Gasteiger partial charge in [0.25, 0.3) is 0 Å². The van der Waals surface area contributed by atoms with E-state index in [1.165, 1.54) is 0 Å². The van der Waals surface area contributed by atoms with Crippen molar-refractivity contribution >= 4 is 23.3 Å². The van der Waals surface area contributed by atoms with E-state index in [0.717, 1.165) is 5.56 Å². The molecule has 2 aromatic rings. The zero-order chi connectivity index (χ0) is 16.9. The minimum atomic E-state index is -0.303. The maximum atomic E-state index is 12.0. The molecule has 1 aliphatic rings. The summed E-state index contributed by atoms with van der Waals surface area (Å²) >= 11 is 0. The van der Waals surface area contributed by atoms with Gasteiger partial charge in [-0.2, -0.15) is 0 Å². The van der Waals surface area contributed by atoms with Crippen LogP contribution in [0.3, 0.4) is 0 Å². The summed E-state index contributed by atoms with van der Waals surface area (Å²) in [5.41, 5.74) is 2.27. The molecule has 124 valence electrons. The molecule has 1 aliphatic heterocycles. The van der Waals surface area contributed by atoms with Crippen LogP contribution >= 0.6 is 0 Å². The molecule has 0 aliphatic carbocycles. The summed E-state index contributed by atoms with van der Waals surface area (Å²) in [6.45, 7) is 0.805. The largest absolute Gasteiger partial charge is 0.491 e. The van der Waals surface area contributed by atoms with Gasteiger partial charge >= 0.3 is 6.03 Å². The Hall–Kier alpha value is -3.02. The molecule has 0 radical (unpaired) electrons. The lowest BCUT2D eigenvalue weighted by Gasteiger charge is -2.17. The molecular formula is C18H19N3O3. The molecule has 1 heterocycles. The molecule has 0 saturated carbocycles. The predicted octanol–water partition coefficient (Wildman–Crippen LogP) is 2.75. The fourth-order valence-corrected chi connectivity index (χ4v) is 2.48. The van der Waals surface area contributed by atoms with Crippen LogP contribution in [0.2, 0.25) is 0 Å². The Labute approximate surface area is 140 Å². The monoisotopic (exact) mass is 325 g/mol. The fourth-order valence-electron chi connectivity index (χ4n) is 2.48. The SMILES string of the molecule is CN1C(=O)CCOc2ccc(NC(=O)NCc3ccccc3)cc21. The Bertz CT molecular complexity index is 746. The van der Waals surface area contributed by atoms with Crippen LogP contribution in [-0.2, 0) is 11.3 Å². The highest BCUT2D eigenvalue weighted by molar-refractivity contribution is 5.97. The number of carbonyl (C=O) groups excluding carboxylic acids is 2. The summed E-state index contributed by atoms with van der Waals surface area (Å²) in [6, 6.07) is 14.6. The van der Waals surface area contributed by atoms with Crippen LogP contribution in [-0.4, -0.2) is 25.6 Å². The number of nitrogens with one attached hydrogen (secondary N) is 2. The minimum Gasteiger partial charge on any atom is -0.491 e. The van der Waals surface area contributed by atoms with Gasteiger partial charge in [0.15, 0.2) is 0 Å². The van der Waals surface area contributed by atoms with Gasteiger partial charge in [-0.1, -0.05) is 30.3 Å². The Morgan fingerprint density at radius 3 is 2.79 bits per heavy atom. The lowest BCUT2D eigenvalue weighted by molar-refractivity contribution is -0.118. The van der Waals surface area contributed by atoms with E-state index in [1.807, 2.05) is 30.3 Å². The van der Waals surface area contributed by atoms with E-state index in [1.54, 1.807) is 30.1 Å². The standard InChI is InChI=1S/C18H19N3O3/c1-21-15-11-14(7-8-16(15)24-10-9-17(21)22)20-18(23)19-12-13-5-3-2-4-6-13/h2-8,11H,9-10,12H2,1H3,(H2,19,20,23). The highest BCUT2D eigenvalue weighted by Crippen LogP contribution is 2.33. The van der Waals surface area contributed by atoms with E-state index in [9.17, 15) is 9.59 Å². The average molecular weight is 325 g/mol. The molecule has 2 aromatic carbocycles. The number of urea groups is 1. The summed E-state index contributed by atoms with van der Waals surface area (Å²) in [4.78, 5) is 25.5. The topological polar surface area (TPSA) is 70.7 Å². The Morgan fingerprint density at radius 1 is 1.21 bits per heavy atom. The van der Waals surface area contributed by atoms with E-state index < -0.39 is 0 Å². The first-order chi connectivity index (χ1) is 11.6. The number of anilines is 2. The minimum absolute atomic E-state index is 0.0144. The first-order valence-electron chi connectivity index (χ1n) is 7.75. The van der Waals surface area contributed by atoms with Crippen molar-refractivity contribution < 1.29 is 14.3 Å². The predicted molar refractivity (Wildman–Crippen MR) is 92.3 cm³/mol. The average Bonchev–Trinajstić information content (AvgIpc) is 2.74. The van der Waals surface area contributed by atoms with Gasteiger partial charge in [0.2, 0.25) is 5.91 Å².